The van der Waals surface area contributed by atoms with E-state index >= 15 is 0 Å². The predicted molar refractivity (Wildman–Crippen MR) is 130 cm³/mol. The molecule has 3 rings (SSSR count). The molecule has 0 aliphatic carbocycles. The third-order valence-electron chi connectivity index (χ3n) is 4.92. The van der Waals surface area contributed by atoms with Gasteiger partial charge in [0.15, 0.2) is 11.5 Å². The Bertz CT molecular complexity index is 1100. The van der Waals surface area contributed by atoms with Crippen molar-refractivity contribution in [2.75, 3.05) is 13.7 Å². The summed E-state index contributed by atoms with van der Waals surface area (Å²) in [6, 6.07) is 10.5. The molecule has 33 heavy (non-hydrogen) atoms. The summed E-state index contributed by atoms with van der Waals surface area (Å²) in [7, 11) is 1.53. The minimum absolute atomic E-state index is 0.167. The molecule has 2 aromatic carbocycles. The molecule has 0 aromatic heterocycles. The Morgan fingerprint density at radius 2 is 1.88 bits per heavy atom. The summed E-state index contributed by atoms with van der Waals surface area (Å²) in [5, 5.41) is -0.520. The number of halogens is 1. The first-order valence-electron chi connectivity index (χ1n) is 10.2. The number of ether oxygens (including phenoxy) is 3. The molecule has 1 saturated heterocycles. The SMILES string of the molecule is CCOC(=O)[C@@H](C)N1C(=O)S/C(=C/c2cc(OC)c(OCc3ccc(C)cc3)cc2Br)C1=O. The predicted octanol–water partition coefficient (Wildman–Crippen LogP) is 5.33. The zero-order chi connectivity index (χ0) is 24.1. The molecule has 1 heterocycles. The molecule has 0 N–H and O–H groups in total. The monoisotopic (exact) mass is 533 g/mol. The van der Waals surface area contributed by atoms with Gasteiger partial charge in [-0.05, 0) is 61.9 Å². The van der Waals surface area contributed by atoms with Crippen LogP contribution < -0.4 is 9.47 Å². The van der Waals surface area contributed by atoms with E-state index in [1.54, 1.807) is 25.1 Å². The van der Waals surface area contributed by atoms with Crippen LogP contribution >= 0.6 is 27.7 Å². The van der Waals surface area contributed by atoms with Crippen LogP contribution in [0, 0.1) is 6.92 Å². The molecule has 0 radical (unpaired) electrons. The van der Waals surface area contributed by atoms with Gasteiger partial charge in [-0.1, -0.05) is 45.8 Å². The highest BCUT2D eigenvalue weighted by Crippen LogP contribution is 2.38. The fourth-order valence-corrected chi connectivity index (χ4v) is 4.44. The van der Waals surface area contributed by atoms with Crippen LogP contribution in [-0.4, -0.2) is 41.8 Å². The summed E-state index contributed by atoms with van der Waals surface area (Å²) in [5.74, 6) is -0.156. The summed E-state index contributed by atoms with van der Waals surface area (Å²) in [5.41, 5.74) is 2.82. The van der Waals surface area contributed by atoms with Crippen LogP contribution in [0.1, 0.15) is 30.5 Å². The first-order chi connectivity index (χ1) is 15.7. The van der Waals surface area contributed by atoms with E-state index < -0.39 is 23.2 Å². The number of thioether (sulfide) groups is 1. The number of carbonyl (C=O) groups is 3. The van der Waals surface area contributed by atoms with Crippen molar-refractivity contribution in [1.82, 2.24) is 4.90 Å². The molecule has 2 amide bonds. The zero-order valence-corrected chi connectivity index (χ0v) is 21.1. The second kappa shape index (κ2) is 10.9. The molecule has 2 aromatic rings. The molecular weight excluding hydrogens is 510 g/mol. The molecule has 1 aliphatic heterocycles. The van der Waals surface area contributed by atoms with Crippen LogP contribution in [0.2, 0.25) is 0 Å². The molecule has 174 valence electrons. The Labute approximate surface area is 205 Å². The molecule has 0 saturated carbocycles. The number of rotatable bonds is 8. The van der Waals surface area contributed by atoms with E-state index in [0.29, 0.717) is 28.1 Å². The Balaban J connectivity index is 1.81. The highest BCUT2D eigenvalue weighted by atomic mass is 79.9. The largest absolute Gasteiger partial charge is 0.493 e. The standard InChI is InChI=1S/C24H24BrNO6S/c1-5-31-23(28)15(3)26-22(27)21(33-24(26)29)11-17-10-19(30-4)20(12-18(17)25)32-13-16-8-6-14(2)7-9-16/h6-12,15H,5,13H2,1-4H3/b21-11+/t15-/m1/s1. The number of benzene rings is 2. The normalized spacial score (nSPS) is 15.7. The van der Waals surface area contributed by atoms with Gasteiger partial charge in [0.25, 0.3) is 11.1 Å². The van der Waals surface area contributed by atoms with Crippen LogP contribution in [0.25, 0.3) is 6.08 Å². The summed E-state index contributed by atoms with van der Waals surface area (Å²) in [6.45, 7) is 5.69. The number of methoxy groups -OCH3 is 1. The number of imide groups is 1. The van der Waals surface area contributed by atoms with Crippen molar-refractivity contribution in [3.63, 3.8) is 0 Å². The summed E-state index contributed by atoms with van der Waals surface area (Å²) in [6.07, 6.45) is 1.58. The summed E-state index contributed by atoms with van der Waals surface area (Å²) in [4.78, 5) is 38.3. The fraction of sp³-hybridized carbons (Fsp3) is 0.292. The van der Waals surface area contributed by atoms with E-state index in [2.05, 4.69) is 15.9 Å². The van der Waals surface area contributed by atoms with Crippen LogP contribution in [0.3, 0.4) is 0 Å². The Morgan fingerprint density at radius 3 is 2.52 bits per heavy atom. The van der Waals surface area contributed by atoms with Gasteiger partial charge in [-0.25, -0.2) is 4.79 Å². The van der Waals surface area contributed by atoms with E-state index in [4.69, 9.17) is 14.2 Å². The average Bonchev–Trinajstić information content (AvgIpc) is 3.07. The topological polar surface area (TPSA) is 82.1 Å². The van der Waals surface area contributed by atoms with Gasteiger partial charge in [-0.15, -0.1) is 0 Å². The highest BCUT2D eigenvalue weighted by molar-refractivity contribution is 9.10. The minimum atomic E-state index is -1.00. The molecule has 1 fully saturated rings. The Kier molecular flexibility index (Phi) is 8.20. The molecular formula is C24H24BrNO6S. The van der Waals surface area contributed by atoms with Crippen LogP contribution in [-0.2, 0) is 20.9 Å². The summed E-state index contributed by atoms with van der Waals surface area (Å²) >= 11 is 4.28. The smallest absolute Gasteiger partial charge is 0.329 e. The lowest BCUT2D eigenvalue weighted by atomic mass is 10.1. The van der Waals surface area contributed by atoms with Crippen LogP contribution in [0.5, 0.6) is 11.5 Å². The number of nitrogens with zero attached hydrogens (tertiary/aromatic N) is 1. The molecule has 9 heteroatoms. The number of amides is 2. The molecule has 7 nitrogen and oxygen atoms in total. The van der Waals surface area contributed by atoms with Gasteiger partial charge in [0, 0.05) is 4.47 Å². The first-order valence-corrected chi connectivity index (χ1v) is 11.9. The molecule has 0 unspecified atom stereocenters. The van der Waals surface area contributed by atoms with Crippen LogP contribution in [0.4, 0.5) is 4.79 Å². The van der Waals surface area contributed by atoms with Gasteiger partial charge in [0.1, 0.15) is 12.6 Å². The van der Waals surface area contributed by atoms with E-state index in [1.165, 1.54) is 19.6 Å². The van der Waals surface area contributed by atoms with Crippen molar-refractivity contribution in [3.05, 3.63) is 62.5 Å². The lowest BCUT2D eigenvalue weighted by molar-refractivity contribution is -0.150. The quantitative estimate of drug-likeness (QED) is 0.334. The lowest BCUT2D eigenvalue weighted by Crippen LogP contribution is -2.42. The highest BCUT2D eigenvalue weighted by Gasteiger charge is 2.41. The van der Waals surface area contributed by atoms with Crippen molar-refractivity contribution in [2.24, 2.45) is 0 Å². The van der Waals surface area contributed by atoms with Crippen molar-refractivity contribution in [3.8, 4) is 11.5 Å². The molecule has 0 spiro atoms. The minimum Gasteiger partial charge on any atom is -0.493 e. The maximum atomic E-state index is 12.8. The summed E-state index contributed by atoms with van der Waals surface area (Å²) < 4.78 is 17.0. The van der Waals surface area contributed by atoms with E-state index in [-0.39, 0.29) is 11.5 Å². The van der Waals surface area contributed by atoms with E-state index in [1.807, 2.05) is 31.2 Å². The molecule has 0 bridgehead atoms. The Morgan fingerprint density at radius 1 is 1.18 bits per heavy atom. The second-order valence-corrected chi connectivity index (χ2v) is 9.13. The maximum absolute atomic E-state index is 12.8. The third-order valence-corrected chi connectivity index (χ3v) is 6.49. The first kappa shape index (κ1) is 24.9. The number of aryl methyl sites for hydroxylation is 1. The number of esters is 1. The zero-order valence-electron chi connectivity index (χ0n) is 18.7. The van der Waals surface area contributed by atoms with E-state index in [0.717, 1.165) is 22.2 Å². The van der Waals surface area contributed by atoms with Crippen molar-refractivity contribution in [2.45, 2.75) is 33.4 Å². The van der Waals surface area contributed by atoms with Crippen molar-refractivity contribution < 1.29 is 28.6 Å². The third kappa shape index (κ3) is 5.78. The van der Waals surface area contributed by atoms with Crippen LogP contribution in [0.15, 0.2) is 45.8 Å². The molecule has 1 aliphatic rings. The number of hydrogen-bond acceptors (Lipinski definition) is 7. The fourth-order valence-electron chi connectivity index (χ4n) is 3.10. The van der Waals surface area contributed by atoms with Gasteiger partial charge in [-0.2, -0.15) is 0 Å². The number of hydrogen-bond donors (Lipinski definition) is 0. The number of carbonyl (C=O) groups excluding carboxylic acids is 3. The maximum Gasteiger partial charge on any atom is 0.329 e. The van der Waals surface area contributed by atoms with Gasteiger partial charge in [-0.3, -0.25) is 14.5 Å². The molecule has 1 atom stereocenters. The average molecular weight is 534 g/mol. The Hall–Kier alpha value is -2.78. The van der Waals surface area contributed by atoms with Gasteiger partial charge >= 0.3 is 5.97 Å². The van der Waals surface area contributed by atoms with Crippen molar-refractivity contribution >= 4 is 50.9 Å². The van der Waals surface area contributed by atoms with Crippen molar-refractivity contribution in [1.29, 1.82) is 0 Å². The van der Waals surface area contributed by atoms with Gasteiger partial charge in [0.05, 0.1) is 18.6 Å². The van der Waals surface area contributed by atoms with E-state index in [9.17, 15) is 14.4 Å². The van der Waals surface area contributed by atoms with Gasteiger partial charge in [0.2, 0.25) is 0 Å². The lowest BCUT2D eigenvalue weighted by Gasteiger charge is -2.19. The van der Waals surface area contributed by atoms with Gasteiger partial charge < -0.3 is 14.2 Å². The second-order valence-electron chi connectivity index (χ2n) is 7.28.